The summed E-state index contributed by atoms with van der Waals surface area (Å²) in [5.74, 6) is 0.276. The molecule has 19 heavy (non-hydrogen) atoms. The number of sulfonamides is 1. The summed E-state index contributed by atoms with van der Waals surface area (Å²) in [5.41, 5.74) is 0. The fourth-order valence-corrected chi connectivity index (χ4v) is 3.24. The van der Waals surface area contributed by atoms with Crippen molar-refractivity contribution in [1.29, 1.82) is 0 Å². The largest absolute Gasteiger partial charge is 0.543 e. The van der Waals surface area contributed by atoms with Crippen LogP contribution in [0.1, 0.15) is 20.8 Å². The van der Waals surface area contributed by atoms with Gasteiger partial charge in [0.15, 0.2) is 0 Å². The molecule has 108 valence electrons. The minimum Gasteiger partial charge on any atom is -0.543 e. The lowest BCUT2D eigenvalue weighted by molar-refractivity contribution is 0.480. The number of halogens is 1. The highest BCUT2D eigenvalue weighted by molar-refractivity contribution is 7.89. The highest BCUT2D eigenvalue weighted by Crippen LogP contribution is 2.39. The molecule has 0 saturated heterocycles. The Kier molecular flexibility index (Phi) is 4.41. The molecule has 0 aliphatic rings. The van der Waals surface area contributed by atoms with Gasteiger partial charge in [0, 0.05) is 5.02 Å². The predicted octanol–water partition coefficient (Wildman–Crippen LogP) is 3.37. The van der Waals surface area contributed by atoms with E-state index in [-0.39, 0.29) is 15.7 Å². The van der Waals surface area contributed by atoms with Crippen molar-refractivity contribution in [2.24, 2.45) is 5.14 Å². The molecule has 1 aromatic rings. The van der Waals surface area contributed by atoms with Crippen LogP contribution in [0.2, 0.25) is 23.2 Å². The predicted molar refractivity (Wildman–Crippen MR) is 80.7 cm³/mol. The second-order valence-corrected chi connectivity index (χ2v) is 12.7. The maximum absolute atomic E-state index is 11.6. The summed E-state index contributed by atoms with van der Waals surface area (Å²) in [4.78, 5) is -0.0650. The zero-order valence-corrected chi connectivity index (χ0v) is 14.4. The van der Waals surface area contributed by atoms with Gasteiger partial charge in [-0.2, -0.15) is 0 Å². The monoisotopic (exact) mass is 321 g/mol. The number of primary sulfonamides is 1. The Labute approximate surface area is 121 Å². The van der Waals surface area contributed by atoms with Crippen LogP contribution in [0.5, 0.6) is 5.75 Å². The Hall–Kier alpha value is -0.563. The van der Waals surface area contributed by atoms with Gasteiger partial charge in [-0.1, -0.05) is 32.4 Å². The average Bonchev–Trinajstić information content (AvgIpc) is 2.17. The van der Waals surface area contributed by atoms with Crippen LogP contribution in [0, 0.1) is 0 Å². The molecule has 0 radical (unpaired) electrons. The van der Waals surface area contributed by atoms with Crippen LogP contribution in [0.3, 0.4) is 0 Å². The van der Waals surface area contributed by atoms with Crippen LogP contribution in [0.25, 0.3) is 0 Å². The van der Waals surface area contributed by atoms with E-state index in [9.17, 15) is 8.42 Å². The first-order chi connectivity index (χ1) is 8.34. The Morgan fingerprint density at radius 2 is 1.79 bits per heavy atom. The van der Waals surface area contributed by atoms with Crippen molar-refractivity contribution in [3.05, 3.63) is 23.2 Å². The maximum Gasteiger partial charge on any atom is 0.250 e. The fourth-order valence-electron chi connectivity index (χ4n) is 1.22. The van der Waals surface area contributed by atoms with Gasteiger partial charge in [-0.05, 0) is 36.3 Å². The zero-order chi connectivity index (χ0) is 15.1. The summed E-state index contributed by atoms with van der Waals surface area (Å²) in [7, 11) is -6.00. The van der Waals surface area contributed by atoms with Crippen LogP contribution >= 0.6 is 11.6 Å². The zero-order valence-electron chi connectivity index (χ0n) is 11.8. The van der Waals surface area contributed by atoms with Crippen LogP contribution in [0.4, 0.5) is 0 Å². The summed E-state index contributed by atoms with van der Waals surface area (Å²) in [6.45, 7) is 10.3. The summed E-state index contributed by atoms with van der Waals surface area (Å²) in [6.07, 6.45) is 0. The quantitative estimate of drug-likeness (QED) is 0.868. The first-order valence-corrected chi connectivity index (χ1v) is 10.7. The normalized spacial score (nSPS) is 13.4. The van der Waals surface area contributed by atoms with Gasteiger partial charge in [0.1, 0.15) is 10.6 Å². The smallest absolute Gasteiger partial charge is 0.250 e. The molecule has 1 aromatic carbocycles. The summed E-state index contributed by atoms with van der Waals surface area (Å²) in [5, 5.41) is 5.48. The van der Waals surface area contributed by atoms with E-state index in [1.54, 1.807) is 12.1 Å². The molecule has 0 aromatic heterocycles. The van der Waals surface area contributed by atoms with E-state index in [0.29, 0.717) is 5.02 Å². The number of hydrogen-bond donors (Lipinski definition) is 1. The van der Waals surface area contributed by atoms with Gasteiger partial charge in [-0.3, -0.25) is 0 Å². The van der Waals surface area contributed by atoms with Gasteiger partial charge >= 0.3 is 0 Å². The van der Waals surface area contributed by atoms with Crippen LogP contribution < -0.4 is 9.56 Å². The molecule has 0 fully saturated rings. The number of hydrogen-bond acceptors (Lipinski definition) is 3. The molecule has 4 nitrogen and oxygen atoms in total. The molecule has 0 aliphatic carbocycles. The first kappa shape index (κ1) is 16.5. The lowest BCUT2D eigenvalue weighted by Gasteiger charge is -2.36. The van der Waals surface area contributed by atoms with Crippen molar-refractivity contribution in [3.63, 3.8) is 0 Å². The Balaban J connectivity index is 3.31. The van der Waals surface area contributed by atoms with E-state index >= 15 is 0 Å². The Morgan fingerprint density at radius 1 is 1.26 bits per heavy atom. The van der Waals surface area contributed by atoms with Crippen LogP contribution in [-0.2, 0) is 10.0 Å². The molecule has 7 heteroatoms. The summed E-state index contributed by atoms with van der Waals surface area (Å²) < 4.78 is 29.2. The van der Waals surface area contributed by atoms with Crippen molar-refractivity contribution in [2.45, 2.75) is 43.8 Å². The van der Waals surface area contributed by atoms with E-state index in [1.807, 2.05) is 13.1 Å². The van der Waals surface area contributed by atoms with Gasteiger partial charge in [0.2, 0.25) is 10.0 Å². The van der Waals surface area contributed by atoms with Crippen molar-refractivity contribution in [2.75, 3.05) is 0 Å². The molecule has 1 rings (SSSR count). The molecular formula is C12H20ClNO3SSi. The van der Waals surface area contributed by atoms with Crippen molar-refractivity contribution >= 4 is 29.9 Å². The maximum atomic E-state index is 11.6. The lowest BCUT2D eigenvalue weighted by atomic mass is 10.2. The third-order valence-corrected chi connectivity index (χ3v) is 8.89. The van der Waals surface area contributed by atoms with Crippen molar-refractivity contribution in [1.82, 2.24) is 0 Å². The molecule has 0 amide bonds. The van der Waals surface area contributed by atoms with E-state index in [0.717, 1.165) is 0 Å². The van der Waals surface area contributed by atoms with E-state index < -0.39 is 18.3 Å². The molecule has 0 aliphatic heterocycles. The van der Waals surface area contributed by atoms with Gasteiger partial charge in [-0.25, -0.2) is 13.6 Å². The van der Waals surface area contributed by atoms with Gasteiger partial charge in [0.05, 0.1) is 0 Å². The molecular weight excluding hydrogens is 302 g/mol. The van der Waals surface area contributed by atoms with Gasteiger partial charge in [0.25, 0.3) is 8.32 Å². The first-order valence-electron chi connectivity index (χ1n) is 5.86. The van der Waals surface area contributed by atoms with E-state index in [4.69, 9.17) is 21.2 Å². The highest BCUT2D eigenvalue weighted by Gasteiger charge is 2.39. The molecule has 0 saturated carbocycles. The number of nitrogens with two attached hydrogens (primary N) is 1. The average molecular weight is 322 g/mol. The summed E-state index contributed by atoms with van der Waals surface area (Å²) in [6, 6.07) is 4.47. The van der Waals surface area contributed by atoms with Crippen molar-refractivity contribution < 1.29 is 12.8 Å². The Morgan fingerprint density at radius 3 is 2.21 bits per heavy atom. The third-order valence-electron chi connectivity index (χ3n) is 3.38. The molecule has 2 N–H and O–H groups in total. The minimum atomic E-state index is -3.86. The minimum absolute atomic E-state index is 0.0394. The molecule has 0 spiro atoms. The van der Waals surface area contributed by atoms with E-state index in [1.165, 1.54) is 6.07 Å². The second kappa shape index (κ2) is 5.09. The number of benzene rings is 1. The van der Waals surface area contributed by atoms with Gasteiger partial charge in [-0.15, -0.1) is 0 Å². The van der Waals surface area contributed by atoms with E-state index in [2.05, 4.69) is 20.8 Å². The molecule has 0 atom stereocenters. The highest BCUT2D eigenvalue weighted by atomic mass is 35.5. The number of rotatable bonds is 3. The topological polar surface area (TPSA) is 69.4 Å². The van der Waals surface area contributed by atoms with Crippen molar-refractivity contribution in [3.8, 4) is 5.75 Å². The lowest BCUT2D eigenvalue weighted by Crippen LogP contribution is -2.44. The van der Waals surface area contributed by atoms with Crippen LogP contribution in [-0.4, -0.2) is 16.7 Å². The molecule has 0 unspecified atom stereocenters. The van der Waals surface area contributed by atoms with Gasteiger partial charge < -0.3 is 4.43 Å². The standard InChI is InChI=1S/C12H20ClNO3SSi/c1-12(2,3)19(4,5)17-10-7-6-9(13)8-11(10)18(14,15)16/h6-8H,1-5H3,(H2,14,15,16). The second-order valence-electron chi connectivity index (χ2n) is 6.00. The molecule has 0 heterocycles. The van der Waals surface area contributed by atoms with Crippen LogP contribution in [0.15, 0.2) is 23.1 Å². The third kappa shape index (κ3) is 3.95. The Bertz CT molecular complexity index is 579. The fraction of sp³-hybridized carbons (Fsp3) is 0.500. The summed E-state index contributed by atoms with van der Waals surface area (Å²) >= 11 is 5.82. The SMILES string of the molecule is CC(C)(C)[Si](C)(C)Oc1ccc(Cl)cc1S(N)(=O)=O. The molecule has 0 bridgehead atoms.